The zero-order chi connectivity index (χ0) is 9.31. The van der Waals surface area contributed by atoms with Crippen molar-refractivity contribution in [2.24, 2.45) is 5.41 Å². The van der Waals surface area contributed by atoms with Crippen LogP contribution in [0.3, 0.4) is 0 Å². The summed E-state index contributed by atoms with van der Waals surface area (Å²) < 4.78 is 0. The Kier molecular flexibility index (Phi) is 2.28. The SMILES string of the molecule is [NH]CC1(C(=O)N2CCCC2)CCC1. The van der Waals surface area contributed by atoms with E-state index < -0.39 is 0 Å². The average Bonchev–Trinajstić information content (AvgIpc) is 2.54. The summed E-state index contributed by atoms with van der Waals surface area (Å²) in [6.45, 7) is 2.16. The normalized spacial score (nSPS) is 25.8. The molecule has 0 atom stereocenters. The molecule has 1 amide bonds. The van der Waals surface area contributed by atoms with Gasteiger partial charge in [0.1, 0.15) is 0 Å². The van der Waals surface area contributed by atoms with Crippen LogP contribution in [0.5, 0.6) is 0 Å². The lowest BCUT2D eigenvalue weighted by molar-refractivity contribution is -0.145. The Bertz CT molecular complexity index is 199. The molecule has 0 bridgehead atoms. The van der Waals surface area contributed by atoms with Gasteiger partial charge in [-0.25, -0.2) is 0 Å². The molecule has 0 unspecified atom stereocenters. The predicted molar refractivity (Wildman–Crippen MR) is 50.1 cm³/mol. The second-order valence-corrected chi connectivity index (χ2v) is 4.31. The maximum atomic E-state index is 12.0. The topological polar surface area (TPSA) is 44.1 Å². The molecule has 1 aliphatic heterocycles. The minimum atomic E-state index is -0.260. The molecule has 3 heteroatoms. The third kappa shape index (κ3) is 1.35. The number of likely N-dealkylation sites (tertiary alicyclic amines) is 1. The average molecular weight is 181 g/mol. The van der Waals surface area contributed by atoms with Crippen LogP contribution in [0.1, 0.15) is 32.1 Å². The highest BCUT2D eigenvalue weighted by Crippen LogP contribution is 2.42. The van der Waals surface area contributed by atoms with Crippen LogP contribution >= 0.6 is 0 Å². The van der Waals surface area contributed by atoms with E-state index in [2.05, 4.69) is 0 Å². The molecule has 1 N–H and O–H groups in total. The lowest BCUT2D eigenvalue weighted by atomic mass is 9.68. The van der Waals surface area contributed by atoms with E-state index in [-0.39, 0.29) is 11.3 Å². The molecule has 0 aromatic rings. The molecular formula is C10H17N2O. The summed E-state index contributed by atoms with van der Waals surface area (Å²) in [7, 11) is 0. The number of hydrogen-bond acceptors (Lipinski definition) is 1. The standard InChI is InChI=1S/C10H17N2O/c11-8-10(4-3-5-10)9(13)12-6-1-2-7-12/h11H,1-8H2. The molecule has 1 aliphatic carbocycles. The van der Waals surface area contributed by atoms with Crippen molar-refractivity contribution in [2.75, 3.05) is 19.6 Å². The van der Waals surface area contributed by atoms with Crippen molar-refractivity contribution >= 4 is 5.91 Å². The van der Waals surface area contributed by atoms with Gasteiger partial charge in [0.2, 0.25) is 5.91 Å². The Morgan fingerprint density at radius 2 is 1.85 bits per heavy atom. The van der Waals surface area contributed by atoms with Gasteiger partial charge in [0.25, 0.3) is 0 Å². The quantitative estimate of drug-likeness (QED) is 0.628. The van der Waals surface area contributed by atoms with Gasteiger partial charge in [-0.1, -0.05) is 6.42 Å². The number of hydrogen-bond donors (Lipinski definition) is 0. The van der Waals surface area contributed by atoms with E-state index in [1.165, 1.54) is 0 Å². The molecule has 73 valence electrons. The van der Waals surface area contributed by atoms with Crippen LogP contribution in [-0.4, -0.2) is 30.4 Å². The summed E-state index contributed by atoms with van der Waals surface area (Å²) >= 11 is 0. The first-order chi connectivity index (χ1) is 6.28. The Morgan fingerprint density at radius 1 is 1.23 bits per heavy atom. The summed E-state index contributed by atoms with van der Waals surface area (Å²) in [6, 6.07) is 0. The highest BCUT2D eigenvalue weighted by molar-refractivity contribution is 5.84. The molecule has 1 radical (unpaired) electrons. The van der Waals surface area contributed by atoms with Gasteiger partial charge in [0.15, 0.2) is 0 Å². The first-order valence-electron chi connectivity index (χ1n) is 5.22. The van der Waals surface area contributed by atoms with Gasteiger partial charge >= 0.3 is 0 Å². The highest BCUT2D eigenvalue weighted by atomic mass is 16.2. The monoisotopic (exact) mass is 181 g/mol. The summed E-state index contributed by atoms with van der Waals surface area (Å²) in [5, 5.41) is 0. The van der Waals surface area contributed by atoms with E-state index >= 15 is 0 Å². The van der Waals surface area contributed by atoms with Crippen molar-refractivity contribution < 1.29 is 4.79 Å². The van der Waals surface area contributed by atoms with Gasteiger partial charge in [-0.15, -0.1) is 0 Å². The van der Waals surface area contributed by atoms with E-state index in [0.717, 1.165) is 45.2 Å². The molecule has 0 aromatic heterocycles. The van der Waals surface area contributed by atoms with Crippen LogP contribution < -0.4 is 5.73 Å². The molecule has 1 saturated carbocycles. The summed E-state index contributed by atoms with van der Waals surface area (Å²) in [5.74, 6) is 0.270. The first kappa shape index (κ1) is 9.00. The predicted octanol–water partition coefficient (Wildman–Crippen LogP) is 1.06. The van der Waals surface area contributed by atoms with E-state index in [1.54, 1.807) is 0 Å². The Hall–Kier alpha value is -0.570. The number of carbonyl (C=O) groups excluding carboxylic acids is 1. The zero-order valence-corrected chi connectivity index (χ0v) is 8.01. The van der Waals surface area contributed by atoms with Gasteiger partial charge in [-0.05, 0) is 25.7 Å². The van der Waals surface area contributed by atoms with Gasteiger partial charge in [-0.2, -0.15) is 0 Å². The minimum absolute atomic E-state index is 0.260. The fraction of sp³-hybridized carbons (Fsp3) is 0.900. The maximum absolute atomic E-state index is 12.0. The van der Waals surface area contributed by atoms with Crippen molar-refractivity contribution in [1.82, 2.24) is 10.6 Å². The molecule has 1 heterocycles. The molecule has 13 heavy (non-hydrogen) atoms. The fourth-order valence-corrected chi connectivity index (χ4v) is 2.33. The Labute approximate surface area is 79.3 Å². The van der Waals surface area contributed by atoms with Gasteiger partial charge < -0.3 is 4.90 Å². The molecule has 0 spiro atoms. The third-order valence-corrected chi connectivity index (χ3v) is 3.50. The van der Waals surface area contributed by atoms with Gasteiger partial charge in [0.05, 0.1) is 5.41 Å². The van der Waals surface area contributed by atoms with Crippen molar-refractivity contribution in [3.8, 4) is 0 Å². The van der Waals surface area contributed by atoms with Crippen LogP contribution in [0.25, 0.3) is 0 Å². The molecule has 2 fully saturated rings. The zero-order valence-electron chi connectivity index (χ0n) is 8.01. The number of nitrogens with zero attached hydrogens (tertiary/aromatic N) is 1. The van der Waals surface area contributed by atoms with Crippen molar-refractivity contribution in [2.45, 2.75) is 32.1 Å². The maximum Gasteiger partial charge on any atom is 0.230 e. The first-order valence-corrected chi connectivity index (χ1v) is 5.22. The van der Waals surface area contributed by atoms with Gasteiger partial charge in [0, 0.05) is 19.6 Å². The van der Waals surface area contributed by atoms with E-state index in [0.29, 0.717) is 6.54 Å². The molecule has 2 aliphatic rings. The number of amides is 1. The van der Waals surface area contributed by atoms with Crippen molar-refractivity contribution in [3.63, 3.8) is 0 Å². The summed E-state index contributed by atoms with van der Waals surface area (Å²) in [6.07, 6.45) is 5.34. The van der Waals surface area contributed by atoms with E-state index in [9.17, 15) is 4.79 Å². The molecular weight excluding hydrogens is 164 g/mol. The lowest BCUT2D eigenvalue weighted by Gasteiger charge is -2.41. The molecule has 1 saturated heterocycles. The second-order valence-electron chi connectivity index (χ2n) is 4.31. The third-order valence-electron chi connectivity index (χ3n) is 3.50. The molecule has 2 rings (SSSR count). The summed E-state index contributed by atoms with van der Waals surface area (Å²) in [4.78, 5) is 14.0. The van der Waals surface area contributed by atoms with Crippen LogP contribution in [-0.2, 0) is 4.79 Å². The molecule has 0 aromatic carbocycles. The van der Waals surface area contributed by atoms with Crippen LogP contribution in [0.4, 0.5) is 0 Å². The molecule has 3 nitrogen and oxygen atoms in total. The van der Waals surface area contributed by atoms with E-state index in [1.807, 2.05) is 4.90 Å². The smallest absolute Gasteiger partial charge is 0.230 e. The Balaban J connectivity index is 2.01. The highest BCUT2D eigenvalue weighted by Gasteiger charge is 2.45. The van der Waals surface area contributed by atoms with Crippen LogP contribution in [0, 0.1) is 5.41 Å². The Morgan fingerprint density at radius 3 is 2.23 bits per heavy atom. The summed E-state index contributed by atoms with van der Waals surface area (Å²) in [5.41, 5.74) is 7.20. The van der Waals surface area contributed by atoms with Crippen molar-refractivity contribution in [3.05, 3.63) is 0 Å². The fourth-order valence-electron chi connectivity index (χ4n) is 2.33. The van der Waals surface area contributed by atoms with Crippen molar-refractivity contribution in [1.29, 1.82) is 0 Å². The number of rotatable bonds is 2. The van der Waals surface area contributed by atoms with E-state index in [4.69, 9.17) is 5.73 Å². The van der Waals surface area contributed by atoms with Crippen LogP contribution in [0.2, 0.25) is 0 Å². The second kappa shape index (κ2) is 3.29. The largest absolute Gasteiger partial charge is 0.342 e. The number of nitrogens with one attached hydrogen (secondary N) is 1. The lowest BCUT2D eigenvalue weighted by Crippen LogP contribution is -2.49. The van der Waals surface area contributed by atoms with Gasteiger partial charge in [-0.3, -0.25) is 10.5 Å². The number of carbonyl (C=O) groups is 1. The minimum Gasteiger partial charge on any atom is -0.342 e. The van der Waals surface area contributed by atoms with Crippen LogP contribution in [0.15, 0.2) is 0 Å².